The molecule has 0 aliphatic heterocycles. The lowest BCUT2D eigenvalue weighted by atomic mass is 10.1. The van der Waals surface area contributed by atoms with Gasteiger partial charge in [0.2, 0.25) is 5.91 Å². The standard InChI is InChI=1S/C23H26N4O/c1-6-13-26(15-20-9-7-16(2)8-10-20)23(28)12-11-21-18(4)24-22-14-17(3)25-27(22)19(21)5/h1,7-10,14H,11-13,15H2,2-5H3. The van der Waals surface area contributed by atoms with E-state index in [-0.39, 0.29) is 5.91 Å². The van der Waals surface area contributed by atoms with Gasteiger partial charge in [-0.1, -0.05) is 35.7 Å². The van der Waals surface area contributed by atoms with E-state index in [1.165, 1.54) is 5.56 Å². The molecule has 2 aromatic heterocycles. The highest BCUT2D eigenvalue weighted by molar-refractivity contribution is 5.77. The molecular formula is C23H26N4O. The molecule has 0 saturated heterocycles. The molecule has 5 nitrogen and oxygen atoms in total. The van der Waals surface area contributed by atoms with E-state index in [1.807, 2.05) is 62.5 Å². The largest absolute Gasteiger partial charge is 0.327 e. The lowest BCUT2D eigenvalue weighted by molar-refractivity contribution is -0.131. The summed E-state index contributed by atoms with van der Waals surface area (Å²) >= 11 is 0. The number of fused-ring (bicyclic) bond motifs is 1. The zero-order valence-corrected chi connectivity index (χ0v) is 17.0. The zero-order valence-electron chi connectivity index (χ0n) is 17.0. The van der Waals surface area contributed by atoms with Gasteiger partial charge in [-0.05, 0) is 45.2 Å². The molecule has 144 valence electrons. The molecule has 0 N–H and O–H groups in total. The number of terminal acetylenes is 1. The number of carbonyl (C=O) groups excluding carboxylic acids is 1. The van der Waals surface area contributed by atoms with Crippen molar-refractivity contribution < 1.29 is 4.79 Å². The van der Waals surface area contributed by atoms with Gasteiger partial charge in [0.25, 0.3) is 0 Å². The fraction of sp³-hybridized carbons (Fsp3) is 0.348. The highest BCUT2D eigenvalue weighted by atomic mass is 16.2. The maximum atomic E-state index is 12.9. The second kappa shape index (κ2) is 8.26. The second-order valence-electron chi connectivity index (χ2n) is 7.26. The van der Waals surface area contributed by atoms with E-state index < -0.39 is 0 Å². The number of rotatable bonds is 6. The summed E-state index contributed by atoms with van der Waals surface area (Å²) < 4.78 is 1.85. The van der Waals surface area contributed by atoms with Gasteiger partial charge >= 0.3 is 0 Å². The molecule has 28 heavy (non-hydrogen) atoms. The summed E-state index contributed by atoms with van der Waals surface area (Å²) in [4.78, 5) is 19.2. The van der Waals surface area contributed by atoms with Crippen LogP contribution in [0.5, 0.6) is 0 Å². The Morgan fingerprint density at radius 3 is 2.57 bits per heavy atom. The van der Waals surface area contributed by atoms with Crippen molar-refractivity contribution in [3.05, 3.63) is 64.1 Å². The quantitative estimate of drug-likeness (QED) is 0.620. The number of hydrogen-bond donors (Lipinski definition) is 0. The Morgan fingerprint density at radius 2 is 1.89 bits per heavy atom. The smallest absolute Gasteiger partial charge is 0.223 e. The topological polar surface area (TPSA) is 50.5 Å². The molecule has 2 heterocycles. The van der Waals surface area contributed by atoms with E-state index in [2.05, 4.69) is 16.0 Å². The molecule has 0 bridgehead atoms. The van der Waals surface area contributed by atoms with E-state index in [9.17, 15) is 4.79 Å². The Bertz CT molecular complexity index is 1040. The number of amides is 1. The predicted molar refractivity (Wildman–Crippen MR) is 111 cm³/mol. The summed E-state index contributed by atoms with van der Waals surface area (Å²) in [5.74, 6) is 2.66. The number of carbonyl (C=O) groups is 1. The summed E-state index contributed by atoms with van der Waals surface area (Å²) in [6.07, 6.45) is 6.51. The van der Waals surface area contributed by atoms with Crippen molar-refractivity contribution in [2.75, 3.05) is 6.54 Å². The molecule has 1 aromatic carbocycles. The van der Waals surface area contributed by atoms with Crippen LogP contribution in [0.2, 0.25) is 0 Å². The molecule has 1 amide bonds. The van der Waals surface area contributed by atoms with Crippen LogP contribution in [0.1, 0.15) is 40.2 Å². The first-order valence-electron chi connectivity index (χ1n) is 9.48. The molecule has 3 aromatic rings. The van der Waals surface area contributed by atoms with Gasteiger partial charge in [-0.2, -0.15) is 5.10 Å². The molecule has 0 unspecified atom stereocenters. The fourth-order valence-electron chi connectivity index (χ4n) is 3.45. The Kier molecular flexibility index (Phi) is 5.79. The third-order valence-corrected chi connectivity index (χ3v) is 5.00. The van der Waals surface area contributed by atoms with Crippen LogP contribution in [0, 0.1) is 40.0 Å². The van der Waals surface area contributed by atoms with Crippen LogP contribution >= 0.6 is 0 Å². The number of aryl methyl sites for hydroxylation is 4. The molecule has 0 atom stereocenters. The van der Waals surface area contributed by atoms with Crippen molar-refractivity contribution >= 4 is 11.6 Å². The molecule has 0 fully saturated rings. The van der Waals surface area contributed by atoms with Crippen LogP contribution < -0.4 is 0 Å². The number of nitrogens with zero attached hydrogens (tertiary/aromatic N) is 4. The van der Waals surface area contributed by atoms with Gasteiger partial charge in [0.15, 0.2) is 5.65 Å². The van der Waals surface area contributed by atoms with E-state index in [0.717, 1.165) is 33.9 Å². The van der Waals surface area contributed by atoms with Crippen molar-refractivity contribution in [3.8, 4) is 12.3 Å². The van der Waals surface area contributed by atoms with Crippen molar-refractivity contribution in [1.29, 1.82) is 0 Å². The van der Waals surface area contributed by atoms with Crippen molar-refractivity contribution in [2.45, 2.75) is 47.1 Å². The normalized spacial score (nSPS) is 10.8. The zero-order chi connectivity index (χ0) is 20.3. The van der Waals surface area contributed by atoms with E-state index in [4.69, 9.17) is 6.42 Å². The summed E-state index contributed by atoms with van der Waals surface area (Å²) in [5.41, 5.74) is 7.10. The fourth-order valence-corrected chi connectivity index (χ4v) is 3.45. The van der Waals surface area contributed by atoms with Gasteiger partial charge in [-0.25, -0.2) is 9.50 Å². The predicted octanol–water partition coefficient (Wildman–Crippen LogP) is 3.56. The molecule has 0 spiro atoms. The van der Waals surface area contributed by atoms with Crippen molar-refractivity contribution in [3.63, 3.8) is 0 Å². The lowest BCUT2D eigenvalue weighted by Crippen LogP contribution is -2.31. The minimum absolute atomic E-state index is 0.0501. The van der Waals surface area contributed by atoms with Crippen LogP contribution in [-0.2, 0) is 17.8 Å². The molecule has 0 aliphatic carbocycles. The summed E-state index contributed by atoms with van der Waals surface area (Å²) in [7, 11) is 0. The van der Waals surface area contributed by atoms with Gasteiger partial charge < -0.3 is 4.90 Å². The van der Waals surface area contributed by atoms with Crippen LogP contribution in [0.15, 0.2) is 30.3 Å². The van der Waals surface area contributed by atoms with Gasteiger partial charge in [-0.15, -0.1) is 6.42 Å². The summed E-state index contributed by atoms with van der Waals surface area (Å²) in [6, 6.07) is 10.1. The third-order valence-electron chi connectivity index (χ3n) is 5.00. The maximum Gasteiger partial charge on any atom is 0.223 e. The monoisotopic (exact) mass is 374 g/mol. The van der Waals surface area contributed by atoms with Crippen molar-refractivity contribution in [1.82, 2.24) is 19.5 Å². The van der Waals surface area contributed by atoms with Gasteiger partial charge in [0, 0.05) is 30.4 Å². The third kappa shape index (κ3) is 4.23. The number of aromatic nitrogens is 3. The Labute approximate surface area is 166 Å². The minimum Gasteiger partial charge on any atom is -0.327 e. The lowest BCUT2D eigenvalue weighted by Gasteiger charge is -2.21. The maximum absolute atomic E-state index is 12.9. The molecule has 5 heteroatoms. The summed E-state index contributed by atoms with van der Waals surface area (Å²) in [5, 5.41) is 4.50. The average molecular weight is 374 g/mol. The van der Waals surface area contributed by atoms with Gasteiger partial charge in [0.05, 0.1) is 12.2 Å². The van der Waals surface area contributed by atoms with E-state index in [0.29, 0.717) is 25.9 Å². The van der Waals surface area contributed by atoms with Crippen LogP contribution in [0.4, 0.5) is 0 Å². The first-order valence-corrected chi connectivity index (χ1v) is 9.48. The average Bonchev–Trinajstić information content (AvgIpc) is 3.03. The number of hydrogen-bond acceptors (Lipinski definition) is 3. The van der Waals surface area contributed by atoms with Crippen LogP contribution in [-0.4, -0.2) is 31.9 Å². The van der Waals surface area contributed by atoms with Crippen molar-refractivity contribution in [2.24, 2.45) is 0 Å². The van der Waals surface area contributed by atoms with Crippen LogP contribution in [0.25, 0.3) is 5.65 Å². The SMILES string of the molecule is C#CCN(Cc1ccc(C)cc1)C(=O)CCc1c(C)nc2cc(C)nn2c1C. The number of benzene rings is 1. The Morgan fingerprint density at radius 1 is 1.18 bits per heavy atom. The molecule has 0 saturated carbocycles. The molecule has 3 rings (SSSR count). The van der Waals surface area contributed by atoms with E-state index >= 15 is 0 Å². The molecular weight excluding hydrogens is 348 g/mol. The molecule has 0 radical (unpaired) electrons. The van der Waals surface area contributed by atoms with Gasteiger partial charge in [0.1, 0.15) is 0 Å². The second-order valence-corrected chi connectivity index (χ2v) is 7.26. The highest BCUT2D eigenvalue weighted by Crippen LogP contribution is 2.18. The first kappa shape index (κ1) is 19.6. The van der Waals surface area contributed by atoms with Gasteiger partial charge in [-0.3, -0.25) is 4.79 Å². The highest BCUT2D eigenvalue weighted by Gasteiger charge is 2.16. The Hall–Kier alpha value is -3.13. The van der Waals surface area contributed by atoms with E-state index in [1.54, 1.807) is 4.90 Å². The molecule has 0 aliphatic rings. The minimum atomic E-state index is 0.0501. The summed E-state index contributed by atoms with van der Waals surface area (Å²) in [6.45, 7) is 8.84. The first-order chi connectivity index (χ1) is 13.4. The van der Waals surface area contributed by atoms with Crippen LogP contribution in [0.3, 0.4) is 0 Å². The Balaban J connectivity index is 1.74.